The van der Waals surface area contributed by atoms with E-state index in [2.05, 4.69) is 24.1 Å². The van der Waals surface area contributed by atoms with Crippen LogP contribution in [0.4, 0.5) is 5.69 Å². The summed E-state index contributed by atoms with van der Waals surface area (Å²) in [6.45, 7) is 6.43. The number of carbonyl (C=O) groups excluding carboxylic acids is 2. The van der Waals surface area contributed by atoms with Gasteiger partial charge in [-0.2, -0.15) is 0 Å². The lowest BCUT2D eigenvalue weighted by molar-refractivity contribution is -0.119. The van der Waals surface area contributed by atoms with Crippen LogP contribution in [-0.4, -0.2) is 54.9 Å². The van der Waals surface area contributed by atoms with Crippen LogP contribution < -0.4 is 5.32 Å². The van der Waals surface area contributed by atoms with Gasteiger partial charge in [0.1, 0.15) is 0 Å². The van der Waals surface area contributed by atoms with Crippen LogP contribution >= 0.6 is 11.8 Å². The second-order valence-electron chi connectivity index (χ2n) is 7.50. The lowest BCUT2D eigenvalue weighted by atomic mass is 10.1. The Balaban J connectivity index is 1.46. The van der Waals surface area contributed by atoms with Gasteiger partial charge in [-0.3, -0.25) is 9.69 Å². The van der Waals surface area contributed by atoms with Crippen LogP contribution in [0.5, 0.6) is 0 Å². The van der Waals surface area contributed by atoms with Gasteiger partial charge in [-0.1, -0.05) is 12.1 Å². The van der Waals surface area contributed by atoms with Crippen molar-refractivity contribution >= 4 is 29.3 Å². The van der Waals surface area contributed by atoms with Crippen molar-refractivity contribution in [2.75, 3.05) is 31.3 Å². The first kappa shape index (κ1) is 22.3. The molecule has 0 aliphatic carbocycles. The van der Waals surface area contributed by atoms with Gasteiger partial charge >= 0.3 is 5.97 Å². The summed E-state index contributed by atoms with van der Waals surface area (Å²) < 4.78 is 10.9. The highest BCUT2D eigenvalue weighted by atomic mass is 32.2. The number of anilines is 1. The zero-order chi connectivity index (χ0) is 21.5. The molecule has 30 heavy (non-hydrogen) atoms. The average Bonchev–Trinajstić information content (AvgIpc) is 2.72. The number of hydrogen-bond acceptors (Lipinski definition) is 6. The fourth-order valence-corrected chi connectivity index (χ4v) is 3.91. The first-order chi connectivity index (χ1) is 14.4. The Morgan fingerprint density at radius 2 is 1.70 bits per heavy atom. The first-order valence-electron chi connectivity index (χ1n) is 10.0. The molecule has 1 aliphatic heterocycles. The van der Waals surface area contributed by atoms with Gasteiger partial charge in [-0.15, -0.1) is 11.8 Å². The van der Waals surface area contributed by atoms with Gasteiger partial charge in [0.05, 0.1) is 17.8 Å². The van der Waals surface area contributed by atoms with Crippen molar-refractivity contribution in [2.45, 2.75) is 37.5 Å². The molecule has 6 nitrogen and oxygen atoms in total. The van der Waals surface area contributed by atoms with Gasteiger partial charge in [0, 0.05) is 30.2 Å². The molecular weight excluding hydrogens is 400 g/mol. The van der Waals surface area contributed by atoms with Crippen molar-refractivity contribution in [3.63, 3.8) is 0 Å². The largest absolute Gasteiger partial charge is 0.452 e. The fraction of sp³-hybridized carbons (Fsp3) is 0.391. The molecule has 7 heteroatoms. The van der Waals surface area contributed by atoms with Gasteiger partial charge in [-0.25, -0.2) is 4.79 Å². The van der Waals surface area contributed by atoms with Crippen LogP contribution in [0.25, 0.3) is 0 Å². The number of amides is 1. The van der Waals surface area contributed by atoms with E-state index in [-0.39, 0.29) is 24.7 Å². The van der Waals surface area contributed by atoms with Crippen LogP contribution in [0, 0.1) is 0 Å². The Morgan fingerprint density at radius 3 is 2.30 bits per heavy atom. The minimum Gasteiger partial charge on any atom is -0.452 e. The zero-order valence-electron chi connectivity index (χ0n) is 17.6. The molecule has 0 radical (unpaired) electrons. The van der Waals surface area contributed by atoms with E-state index in [4.69, 9.17) is 9.47 Å². The maximum absolute atomic E-state index is 12.2. The second kappa shape index (κ2) is 10.6. The highest BCUT2D eigenvalue weighted by Gasteiger charge is 2.22. The molecule has 1 amide bonds. The van der Waals surface area contributed by atoms with Gasteiger partial charge < -0.3 is 14.8 Å². The van der Waals surface area contributed by atoms with Gasteiger partial charge in [-0.05, 0) is 62.1 Å². The number of nitrogens with one attached hydrogen (secondary N) is 1. The van der Waals surface area contributed by atoms with E-state index in [1.54, 1.807) is 23.9 Å². The third-order valence-electron chi connectivity index (χ3n) is 4.80. The van der Waals surface area contributed by atoms with Crippen molar-refractivity contribution in [1.82, 2.24) is 4.90 Å². The second-order valence-corrected chi connectivity index (χ2v) is 8.38. The van der Waals surface area contributed by atoms with Crippen molar-refractivity contribution in [3.05, 3.63) is 59.7 Å². The van der Waals surface area contributed by atoms with E-state index in [1.807, 2.05) is 42.7 Å². The number of esters is 1. The van der Waals surface area contributed by atoms with Crippen molar-refractivity contribution in [2.24, 2.45) is 0 Å². The summed E-state index contributed by atoms with van der Waals surface area (Å²) >= 11 is 1.63. The summed E-state index contributed by atoms with van der Waals surface area (Å²) in [5.74, 6) is -0.879. The quantitative estimate of drug-likeness (QED) is 0.534. The first-order valence-corrected chi connectivity index (χ1v) is 11.2. The summed E-state index contributed by atoms with van der Waals surface area (Å²) in [5.41, 5.74) is 2.23. The summed E-state index contributed by atoms with van der Waals surface area (Å²) in [7, 11) is 0. The maximum Gasteiger partial charge on any atom is 0.338 e. The van der Waals surface area contributed by atoms with Crippen molar-refractivity contribution in [1.29, 1.82) is 0 Å². The number of nitrogens with zero attached hydrogens (tertiary/aromatic N) is 1. The molecule has 0 bridgehead atoms. The van der Waals surface area contributed by atoms with E-state index in [0.717, 1.165) is 30.1 Å². The van der Waals surface area contributed by atoms with Crippen LogP contribution in [0.2, 0.25) is 0 Å². The lowest BCUT2D eigenvalue weighted by Gasteiger charge is -2.35. The maximum atomic E-state index is 12.2. The Labute approximate surface area is 181 Å². The highest BCUT2D eigenvalue weighted by Crippen LogP contribution is 2.18. The van der Waals surface area contributed by atoms with Crippen LogP contribution in [0.1, 0.15) is 29.8 Å². The Bertz CT molecular complexity index is 845. The molecule has 0 saturated carbocycles. The SMILES string of the molecule is CSc1ccc(NC(=O)COC(=O)c2ccc(CN3CC(C)OC(C)C3)cc2)cc1. The van der Waals surface area contributed by atoms with Crippen molar-refractivity contribution in [3.8, 4) is 0 Å². The van der Waals surface area contributed by atoms with Crippen LogP contribution in [0.15, 0.2) is 53.4 Å². The molecule has 160 valence electrons. The Hall–Kier alpha value is -2.35. The van der Waals surface area contributed by atoms with E-state index in [0.29, 0.717) is 11.3 Å². The van der Waals surface area contributed by atoms with Gasteiger partial charge in [0.2, 0.25) is 0 Å². The van der Waals surface area contributed by atoms with Crippen LogP contribution in [-0.2, 0) is 20.8 Å². The molecule has 2 unspecified atom stereocenters. The molecule has 1 N–H and O–H groups in total. The summed E-state index contributed by atoms with van der Waals surface area (Å²) in [5, 5.41) is 2.72. The number of morpholine rings is 1. The predicted octanol–water partition coefficient (Wildman–Crippen LogP) is 3.81. The molecule has 0 aromatic heterocycles. The third kappa shape index (κ3) is 6.58. The normalized spacial score (nSPS) is 19.3. The monoisotopic (exact) mass is 428 g/mol. The zero-order valence-corrected chi connectivity index (χ0v) is 18.4. The fourth-order valence-electron chi connectivity index (χ4n) is 3.50. The molecule has 2 aromatic rings. The molecule has 1 saturated heterocycles. The Morgan fingerprint density at radius 1 is 1.07 bits per heavy atom. The topological polar surface area (TPSA) is 67.9 Å². The smallest absolute Gasteiger partial charge is 0.338 e. The van der Waals surface area contributed by atoms with Gasteiger partial charge in [0.25, 0.3) is 5.91 Å². The van der Waals surface area contributed by atoms with E-state index in [9.17, 15) is 9.59 Å². The molecule has 3 rings (SSSR count). The molecule has 0 spiro atoms. The highest BCUT2D eigenvalue weighted by molar-refractivity contribution is 7.98. The third-order valence-corrected chi connectivity index (χ3v) is 5.54. The number of thioether (sulfide) groups is 1. The summed E-state index contributed by atoms with van der Waals surface area (Å²) in [6.07, 6.45) is 2.43. The molecule has 1 heterocycles. The van der Waals surface area contributed by atoms with Crippen molar-refractivity contribution < 1.29 is 19.1 Å². The number of ether oxygens (including phenoxy) is 2. The summed E-state index contributed by atoms with van der Waals surface area (Å²) in [4.78, 5) is 27.7. The molecule has 2 atom stereocenters. The molecule has 1 fully saturated rings. The minimum atomic E-state index is -0.511. The van der Waals surface area contributed by atoms with E-state index < -0.39 is 5.97 Å². The number of carbonyl (C=O) groups is 2. The summed E-state index contributed by atoms with van der Waals surface area (Å²) in [6, 6.07) is 14.8. The average molecular weight is 429 g/mol. The molecule has 1 aliphatic rings. The molecule has 2 aromatic carbocycles. The minimum absolute atomic E-state index is 0.220. The van der Waals surface area contributed by atoms with E-state index >= 15 is 0 Å². The van der Waals surface area contributed by atoms with Gasteiger partial charge in [0.15, 0.2) is 6.61 Å². The molecular formula is C23H28N2O4S. The Kier molecular flexibility index (Phi) is 7.90. The number of benzene rings is 2. The standard InChI is InChI=1S/C23H28N2O4S/c1-16-12-25(13-17(2)29-16)14-18-4-6-19(7-5-18)23(27)28-15-22(26)24-20-8-10-21(30-3)11-9-20/h4-11,16-17H,12-15H2,1-3H3,(H,24,26). The predicted molar refractivity (Wildman–Crippen MR) is 119 cm³/mol. The number of rotatable bonds is 7. The van der Waals surface area contributed by atoms with E-state index in [1.165, 1.54) is 0 Å². The number of hydrogen-bond donors (Lipinski definition) is 1. The van der Waals surface area contributed by atoms with Crippen LogP contribution in [0.3, 0.4) is 0 Å². The lowest BCUT2D eigenvalue weighted by Crippen LogP contribution is -2.44.